The van der Waals surface area contributed by atoms with Gasteiger partial charge >= 0.3 is 6.18 Å². The lowest BCUT2D eigenvalue weighted by Crippen LogP contribution is -2.38. The largest absolute Gasteiger partial charge is 0.490 e. The average molecular weight is 629 g/mol. The number of fused-ring (bicyclic) bond motifs is 1. The van der Waals surface area contributed by atoms with E-state index < -0.39 is 17.8 Å². The van der Waals surface area contributed by atoms with Crippen LogP contribution in [0.3, 0.4) is 0 Å². The molecule has 5 rings (SSSR count). The summed E-state index contributed by atoms with van der Waals surface area (Å²) in [5, 5.41) is 6.79. The Morgan fingerprint density at radius 2 is 1.91 bits per heavy atom. The second-order valence-corrected chi connectivity index (χ2v) is 10.1. The Morgan fingerprint density at radius 1 is 1.09 bits per heavy atom. The van der Waals surface area contributed by atoms with Gasteiger partial charge in [-0.1, -0.05) is 24.2 Å². The Balaban J connectivity index is 1.32. The Bertz CT molecular complexity index is 1650. The molecule has 0 saturated carbocycles. The lowest BCUT2D eigenvalue weighted by Gasteiger charge is -2.26. The molecule has 10 nitrogen and oxygen atoms in total. The van der Waals surface area contributed by atoms with Crippen molar-refractivity contribution in [2.24, 2.45) is 0 Å². The Hall–Kier alpha value is -4.46. The Labute approximate surface area is 255 Å². The van der Waals surface area contributed by atoms with Crippen molar-refractivity contribution in [3.05, 3.63) is 83.9 Å². The fourth-order valence-electron chi connectivity index (χ4n) is 4.40. The van der Waals surface area contributed by atoms with E-state index in [-0.39, 0.29) is 23.1 Å². The molecule has 1 amide bonds. The third kappa shape index (κ3) is 7.92. The van der Waals surface area contributed by atoms with Crippen molar-refractivity contribution in [1.82, 2.24) is 19.9 Å². The summed E-state index contributed by atoms with van der Waals surface area (Å²) in [6.45, 7) is 7.43. The summed E-state index contributed by atoms with van der Waals surface area (Å²) in [7, 11) is 0. The van der Waals surface area contributed by atoms with Gasteiger partial charge in [0.2, 0.25) is 5.91 Å². The van der Waals surface area contributed by atoms with E-state index in [1.54, 1.807) is 30.3 Å². The van der Waals surface area contributed by atoms with Gasteiger partial charge in [-0.15, -0.1) is 0 Å². The summed E-state index contributed by atoms with van der Waals surface area (Å²) in [4.78, 5) is 26.8. The number of carbonyl (C=O) groups is 1. The van der Waals surface area contributed by atoms with Crippen molar-refractivity contribution in [2.75, 3.05) is 50.1 Å². The molecule has 14 heteroatoms. The smallest absolute Gasteiger partial charge is 0.433 e. The average Bonchev–Trinajstić information content (AvgIpc) is 3.01. The minimum absolute atomic E-state index is 0.106. The number of morpholine rings is 1. The van der Waals surface area contributed by atoms with Crippen molar-refractivity contribution in [1.29, 1.82) is 0 Å². The van der Waals surface area contributed by atoms with Crippen LogP contribution in [0.25, 0.3) is 10.9 Å². The van der Waals surface area contributed by atoms with E-state index in [0.29, 0.717) is 60.2 Å². The van der Waals surface area contributed by atoms with Gasteiger partial charge < -0.3 is 24.8 Å². The fourth-order valence-corrected chi connectivity index (χ4v) is 4.63. The lowest BCUT2D eigenvalue weighted by molar-refractivity contribution is -0.141. The van der Waals surface area contributed by atoms with Crippen molar-refractivity contribution in [3.63, 3.8) is 0 Å². The monoisotopic (exact) mass is 628 g/mol. The first-order valence-electron chi connectivity index (χ1n) is 13.6. The van der Waals surface area contributed by atoms with Gasteiger partial charge in [0.05, 0.1) is 35.1 Å². The first-order chi connectivity index (χ1) is 21.2. The first-order valence-corrected chi connectivity index (χ1v) is 13.9. The van der Waals surface area contributed by atoms with Crippen LogP contribution in [0.5, 0.6) is 11.5 Å². The standard InChI is InChI=1S/C30H28ClF3N6O4/c1-2-28(41)39-24-15-21-23(16-26(24)43-13-10-40-8-11-42-12-9-40)35-18-36-29(21)38-19-6-7-25(22(31)14-19)44-17-20-4-3-5-27(37-20)30(32,33)34/h2-7,14-16,18H,1,8-13,17H2,(H,39,41)(H,35,36,38). The van der Waals surface area contributed by atoms with E-state index in [4.69, 9.17) is 25.8 Å². The molecule has 2 N–H and O–H groups in total. The molecule has 0 unspecified atom stereocenters. The van der Waals surface area contributed by atoms with Crippen LogP contribution in [0.15, 0.2) is 67.5 Å². The molecular weight excluding hydrogens is 601 g/mol. The van der Waals surface area contributed by atoms with E-state index in [0.717, 1.165) is 25.2 Å². The van der Waals surface area contributed by atoms with Gasteiger partial charge in [-0.3, -0.25) is 9.69 Å². The number of nitrogens with one attached hydrogen (secondary N) is 2. The summed E-state index contributed by atoms with van der Waals surface area (Å²) in [6, 6.07) is 11.9. The maximum absolute atomic E-state index is 13.0. The Kier molecular flexibility index (Phi) is 9.78. The molecule has 3 heterocycles. The molecule has 2 aromatic carbocycles. The highest BCUT2D eigenvalue weighted by Gasteiger charge is 2.32. The minimum Gasteiger partial charge on any atom is -0.490 e. The zero-order chi connectivity index (χ0) is 31.1. The van der Waals surface area contributed by atoms with E-state index in [1.807, 2.05) is 0 Å². The predicted molar refractivity (Wildman–Crippen MR) is 159 cm³/mol. The summed E-state index contributed by atoms with van der Waals surface area (Å²) in [5.74, 6) is 0.737. The molecule has 0 aliphatic carbocycles. The van der Waals surface area contributed by atoms with Crippen LogP contribution in [0, 0.1) is 0 Å². The molecule has 1 saturated heterocycles. The van der Waals surface area contributed by atoms with Crippen LogP contribution in [-0.2, 0) is 22.3 Å². The SMILES string of the molecule is C=CC(=O)Nc1cc2c(Nc3ccc(OCc4cccc(C(F)(F)F)n4)c(Cl)c3)ncnc2cc1OCCN1CCOCC1. The van der Waals surface area contributed by atoms with Crippen LogP contribution >= 0.6 is 11.6 Å². The van der Waals surface area contributed by atoms with Gasteiger partial charge in [-0.25, -0.2) is 15.0 Å². The number of hydrogen-bond acceptors (Lipinski definition) is 9. The van der Waals surface area contributed by atoms with Gasteiger partial charge in [0.25, 0.3) is 0 Å². The van der Waals surface area contributed by atoms with Crippen molar-refractivity contribution >= 4 is 45.6 Å². The number of amides is 1. The van der Waals surface area contributed by atoms with E-state index in [1.165, 1.54) is 18.5 Å². The molecule has 1 fully saturated rings. The molecule has 0 atom stereocenters. The molecule has 2 aromatic heterocycles. The third-order valence-corrected chi connectivity index (χ3v) is 6.91. The number of alkyl halides is 3. The van der Waals surface area contributed by atoms with Gasteiger partial charge in [0, 0.05) is 36.8 Å². The number of anilines is 3. The molecule has 0 radical (unpaired) electrons. The second kappa shape index (κ2) is 13.9. The lowest BCUT2D eigenvalue weighted by atomic mass is 10.1. The van der Waals surface area contributed by atoms with E-state index in [2.05, 4.69) is 37.1 Å². The zero-order valence-electron chi connectivity index (χ0n) is 23.4. The minimum atomic E-state index is -4.55. The normalized spacial score (nSPS) is 13.8. The highest BCUT2D eigenvalue weighted by Crippen LogP contribution is 2.35. The number of hydrogen-bond donors (Lipinski definition) is 2. The number of carbonyl (C=O) groups excluding carboxylic acids is 1. The van der Waals surface area contributed by atoms with Crippen LogP contribution < -0.4 is 20.1 Å². The molecule has 1 aliphatic heterocycles. The number of nitrogens with zero attached hydrogens (tertiary/aromatic N) is 4. The van der Waals surface area contributed by atoms with Gasteiger partial charge in [0.15, 0.2) is 0 Å². The molecule has 0 bridgehead atoms. The van der Waals surface area contributed by atoms with Crippen LogP contribution in [-0.4, -0.2) is 65.2 Å². The fraction of sp³-hybridized carbons (Fsp3) is 0.267. The molecule has 44 heavy (non-hydrogen) atoms. The number of pyridine rings is 1. The quantitative estimate of drug-likeness (QED) is 0.198. The van der Waals surface area contributed by atoms with Crippen molar-refractivity contribution in [3.8, 4) is 11.5 Å². The highest BCUT2D eigenvalue weighted by molar-refractivity contribution is 6.32. The maximum Gasteiger partial charge on any atom is 0.433 e. The van der Waals surface area contributed by atoms with Crippen LogP contribution in [0.4, 0.5) is 30.4 Å². The first kappa shape index (κ1) is 31.0. The highest BCUT2D eigenvalue weighted by atomic mass is 35.5. The summed E-state index contributed by atoms with van der Waals surface area (Å²) in [6.07, 6.45) is -2.00. The predicted octanol–water partition coefficient (Wildman–Crippen LogP) is 5.86. The van der Waals surface area contributed by atoms with Gasteiger partial charge in [-0.05, 0) is 42.5 Å². The summed E-state index contributed by atoms with van der Waals surface area (Å²) in [5.41, 5.74) is 0.656. The van der Waals surface area contributed by atoms with Crippen LogP contribution in [0.1, 0.15) is 11.4 Å². The summed E-state index contributed by atoms with van der Waals surface area (Å²) >= 11 is 6.43. The van der Waals surface area contributed by atoms with E-state index >= 15 is 0 Å². The molecular formula is C30H28ClF3N6O4. The molecule has 0 spiro atoms. The van der Waals surface area contributed by atoms with E-state index in [9.17, 15) is 18.0 Å². The van der Waals surface area contributed by atoms with Gasteiger partial charge in [-0.2, -0.15) is 13.2 Å². The third-order valence-electron chi connectivity index (χ3n) is 6.62. The van der Waals surface area contributed by atoms with Crippen LogP contribution in [0.2, 0.25) is 5.02 Å². The topological polar surface area (TPSA) is 111 Å². The number of rotatable bonds is 11. The Morgan fingerprint density at radius 3 is 2.66 bits per heavy atom. The maximum atomic E-state index is 13.0. The molecule has 4 aromatic rings. The van der Waals surface area contributed by atoms with Crippen molar-refractivity contribution < 1.29 is 32.2 Å². The number of benzene rings is 2. The zero-order valence-corrected chi connectivity index (χ0v) is 24.1. The van der Waals surface area contributed by atoms with Crippen molar-refractivity contribution in [2.45, 2.75) is 12.8 Å². The number of ether oxygens (including phenoxy) is 3. The molecule has 1 aliphatic rings. The number of aromatic nitrogens is 3. The molecule has 230 valence electrons. The summed E-state index contributed by atoms with van der Waals surface area (Å²) < 4.78 is 56.0. The number of halogens is 4. The second-order valence-electron chi connectivity index (χ2n) is 9.65. The van der Waals surface area contributed by atoms with Gasteiger partial charge in [0.1, 0.15) is 42.6 Å².